The van der Waals surface area contributed by atoms with E-state index >= 15 is 0 Å². The Morgan fingerprint density at radius 2 is 2.15 bits per heavy atom. The highest BCUT2D eigenvalue weighted by Crippen LogP contribution is 2.19. The Kier molecular flexibility index (Phi) is 4.75. The zero-order valence-electron chi connectivity index (χ0n) is 10.8. The fraction of sp³-hybridized carbons (Fsp3) is 0.154. The van der Waals surface area contributed by atoms with Crippen LogP contribution in [-0.4, -0.2) is 17.1 Å². The van der Waals surface area contributed by atoms with Crippen molar-refractivity contribution in [3.63, 3.8) is 0 Å². The molecule has 1 aromatic carbocycles. The summed E-state index contributed by atoms with van der Waals surface area (Å²) in [6, 6.07) is 5.04. The molecule has 2 rings (SSSR count). The molecule has 4 nitrogen and oxygen atoms in total. The second kappa shape index (κ2) is 6.35. The van der Waals surface area contributed by atoms with Crippen molar-refractivity contribution < 1.29 is 4.79 Å². The van der Waals surface area contributed by atoms with Crippen molar-refractivity contribution in [2.24, 2.45) is 5.10 Å². The van der Waals surface area contributed by atoms with Crippen LogP contribution in [-0.2, 0) is 0 Å². The number of nitrogens with one attached hydrogen (secondary N) is 1. The molecule has 1 heterocycles. The molecule has 0 saturated carbocycles. The first-order valence-electron chi connectivity index (χ1n) is 5.70. The van der Waals surface area contributed by atoms with Gasteiger partial charge in [0.05, 0.1) is 21.9 Å². The number of aromatic nitrogens is 1. The molecule has 0 atom stereocenters. The second-order valence-electron chi connectivity index (χ2n) is 4.01. The van der Waals surface area contributed by atoms with Crippen LogP contribution < -0.4 is 5.43 Å². The fourth-order valence-corrected chi connectivity index (χ4v) is 2.83. The molecule has 0 aliphatic carbocycles. The molecule has 0 unspecified atom stereocenters. The SMILES string of the molecule is Cc1nc(C)c(C(=O)N/N=C/c2ccc(Cl)cc2Cl)s1. The van der Waals surface area contributed by atoms with Crippen molar-refractivity contribution in [3.05, 3.63) is 49.4 Å². The highest BCUT2D eigenvalue weighted by molar-refractivity contribution is 7.13. The number of benzene rings is 1. The van der Waals surface area contributed by atoms with Gasteiger partial charge in [0.1, 0.15) is 4.88 Å². The van der Waals surface area contributed by atoms with Gasteiger partial charge in [-0.25, -0.2) is 10.4 Å². The third-order valence-corrected chi connectivity index (χ3v) is 4.08. The molecule has 2 aromatic rings. The van der Waals surface area contributed by atoms with E-state index in [0.29, 0.717) is 26.2 Å². The maximum atomic E-state index is 11.9. The Hall–Kier alpha value is -1.43. The van der Waals surface area contributed by atoms with Crippen molar-refractivity contribution in [1.29, 1.82) is 0 Å². The number of rotatable bonds is 3. The molecule has 0 radical (unpaired) electrons. The van der Waals surface area contributed by atoms with Crippen LogP contribution in [0.2, 0.25) is 10.0 Å². The lowest BCUT2D eigenvalue weighted by Gasteiger charge is -1.99. The van der Waals surface area contributed by atoms with Gasteiger partial charge in [0.15, 0.2) is 0 Å². The summed E-state index contributed by atoms with van der Waals surface area (Å²) in [6.07, 6.45) is 1.47. The molecule has 104 valence electrons. The zero-order chi connectivity index (χ0) is 14.7. The van der Waals surface area contributed by atoms with E-state index in [2.05, 4.69) is 15.5 Å². The highest BCUT2D eigenvalue weighted by Gasteiger charge is 2.12. The van der Waals surface area contributed by atoms with Crippen LogP contribution in [0.25, 0.3) is 0 Å². The van der Waals surface area contributed by atoms with Crippen molar-refractivity contribution in [2.45, 2.75) is 13.8 Å². The average molecular weight is 328 g/mol. The third kappa shape index (κ3) is 3.56. The lowest BCUT2D eigenvalue weighted by Crippen LogP contribution is -2.17. The Morgan fingerprint density at radius 3 is 2.75 bits per heavy atom. The van der Waals surface area contributed by atoms with Crippen molar-refractivity contribution >= 4 is 46.7 Å². The molecule has 0 aliphatic heterocycles. The number of hydrogen-bond acceptors (Lipinski definition) is 4. The molecule has 1 aromatic heterocycles. The molecule has 0 aliphatic rings. The Labute approximate surface area is 130 Å². The van der Waals surface area contributed by atoms with Crippen molar-refractivity contribution in [2.75, 3.05) is 0 Å². The number of amides is 1. The van der Waals surface area contributed by atoms with Crippen LogP contribution in [0.3, 0.4) is 0 Å². The van der Waals surface area contributed by atoms with E-state index in [1.165, 1.54) is 17.6 Å². The number of hydrogen-bond donors (Lipinski definition) is 1. The van der Waals surface area contributed by atoms with Gasteiger partial charge >= 0.3 is 0 Å². The van der Waals surface area contributed by atoms with E-state index in [9.17, 15) is 4.79 Å². The van der Waals surface area contributed by atoms with Gasteiger partial charge < -0.3 is 0 Å². The van der Waals surface area contributed by atoms with Gasteiger partial charge in [0.25, 0.3) is 5.91 Å². The molecule has 0 bridgehead atoms. The largest absolute Gasteiger partial charge is 0.283 e. The summed E-state index contributed by atoms with van der Waals surface area (Å²) in [5.41, 5.74) is 3.83. The van der Waals surface area contributed by atoms with Gasteiger partial charge in [-0.3, -0.25) is 4.79 Å². The molecule has 1 N–H and O–H groups in total. The number of carbonyl (C=O) groups excluding carboxylic acids is 1. The summed E-state index contributed by atoms with van der Waals surface area (Å²) in [7, 11) is 0. The van der Waals surface area contributed by atoms with Gasteiger partial charge in [0.2, 0.25) is 0 Å². The minimum absolute atomic E-state index is 0.283. The fourth-order valence-electron chi connectivity index (χ4n) is 1.56. The minimum atomic E-state index is -0.283. The summed E-state index contributed by atoms with van der Waals surface area (Å²) in [5.74, 6) is -0.283. The first-order chi connectivity index (χ1) is 9.47. The quantitative estimate of drug-likeness (QED) is 0.688. The summed E-state index contributed by atoms with van der Waals surface area (Å²) < 4.78 is 0. The van der Waals surface area contributed by atoms with Gasteiger partial charge in [-0.05, 0) is 26.0 Å². The molecule has 0 saturated heterocycles. The summed E-state index contributed by atoms with van der Waals surface area (Å²) in [6.45, 7) is 3.64. The first-order valence-corrected chi connectivity index (χ1v) is 7.27. The molecule has 0 spiro atoms. The van der Waals surface area contributed by atoms with Gasteiger partial charge in [0, 0.05) is 10.6 Å². The van der Waals surface area contributed by atoms with E-state index in [1.807, 2.05) is 6.92 Å². The number of thiazole rings is 1. The lowest BCUT2D eigenvalue weighted by molar-refractivity contribution is 0.0958. The summed E-state index contributed by atoms with van der Waals surface area (Å²) >= 11 is 13.1. The lowest BCUT2D eigenvalue weighted by atomic mass is 10.2. The van der Waals surface area contributed by atoms with Gasteiger partial charge in [-0.15, -0.1) is 11.3 Å². The third-order valence-electron chi connectivity index (χ3n) is 2.44. The smallest absolute Gasteiger partial charge is 0.266 e. The van der Waals surface area contributed by atoms with E-state index in [1.54, 1.807) is 25.1 Å². The van der Waals surface area contributed by atoms with Crippen LogP contribution in [0.4, 0.5) is 0 Å². The Balaban J connectivity index is 2.06. The van der Waals surface area contributed by atoms with Gasteiger partial charge in [-0.2, -0.15) is 5.10 Å². The normalized spacial score (nSPS) is 11.0. The predicted molar refractivity (Wildman–Crippen MR) is 83.1 cm³/mol. The topological polar surface area (TPSA) is 54.4 Å². The maximum absolute atomic E-state index is 11.9. The van der Waals surface area contributed by atoms with E-state index in [4.69, 9.17) is 23.2 Å². The number of hydrazone groups is 1. The van der Waals surface area contributed by atoms with Crippen molar-refractivity contribution in [1.82, 2.24) is 10.4 Å². The molecule has 20 heavy (non-hydrogen) atoms. The van der Waals surface area contributed by atoms with Crippen molar-refractivity contribution in [3.8, 4) is 0 Å². The first kappa shape index (κ1) is 15.0. The average Bonchev–Trinajstić information content (AvgIpc) is 2.71. The van der Waals surface area contributed by atoms with Gasteiger partial charge in [-0.1, -0.05) is 29.3 Å². The highest BCUT2D eigenvalue weighted by atomic mass is 35.5. The number of carbonyl (C=O) groups is 1. The minimum Gasteiger partial charge on any atom is -0.266 e. The van der Waals surface area contributed by atoms with E-state index in [-0.39, 0.29) is 5.91 Å². The second-order valence-corrected chi connectivity index (χ2v) is 6.06. The molecule has 7 heteroatoms. The Morgan fingerprint density at radius 1 is 1.40 bits per heavy atom. The van der Waals surface area contributed by atoms with Crippen LogP contribution >= 0.6 is 34.5 Å². The van der Waals surface area contributed by atoms with E-state index < -0.39 is 0 Å². The molecular formula is C13H11Cl2N3OS. The molecular weight excluding hydrogens is 317 g/mol. The van der Waals surface area contributed by atoms with Crippen LogP contribution in [0.5, 0.6) is 0 Å². The van der Waals surface area contributed by atoms with E-state index in [0.717, 1.165) is 5.01 Å². The van der Waals surface area contributed by atoms with Crippen LogP contribution in [0.1, 0.15) is 25.9 Å². The number of nitrogens with zero attached hydrogens (tertiary/aromatic N) is 2. The molecule has 1 amide bonds. The summed E-state index contributed by atoms with van der Waals surface area (Å²) in [5, 5.41) is 5.75. The standard InChI is InChI=1S/C13H11Cl2N3OS/c1-7-12(20-8(2)17-7)13(19)18-16-6-9-3-4-10(14)5-11(9)15/h3-6H,1-2H3,(H,18,19)/b16-6+. The predicted octanol–water partition coefficient (Wildman–Crippen LogP) is 3.83. The number of halogens is 2. The number of aryl methyl sites for hydroxylation is 2. The van der Waals surface area contributed by atoms with Crippen LogP contribution in [0.15, 0.2) is 23.3 Å². The maximum Gasteiger partial charge on any atom is 0.283 e. The summed E-state index contributed by atoms with van der Waals surface area (Å²) in [4.78, 5) is 16.6. The molecule has 0 fully saturated rings. The zero-order valence-corrected chi connectivity index (χ0v) is 13.1. The Bertz CT molecular complexity index is 682. The van der Waals surface area contributed by atoms with Crippen LogP contribution in [0, 0.1) is 13.8 Å². The monoisotopic (exact) mass is 327 g/mol.